The van der Waals surface area contributed by atoms with Crippen molar-refractivity contribution in [1.29, 1.82) is 0 Å². The molecule has 6 nitrogen and oxygen atoms in total. The molecular weight excluding hydrogens is 423 g/mol. The second kappa shape index (κ2) is 8.16. The predicted octanol–water partition coefficient (Wildman–Crippen LogP) is 4.83. The van der Waals surface area contributed by atoms with Gasteiger partial charge in [-0.2, -0.15) is 0 Å². The third-order valence-corrected chi connectivity index (χ3v) is 6.00. The monoisotopic (exact) mass is 446 g/mol. The number of hydrogen-bond acceptors (Lipinski definition) is 5. The molecule has 33 heavy (non-hydrogen) atoms. The van der Waals surface area contributed by atoms with Gasteiger partial charge in [0, 0.05) is 47.6 Å². The van der Waals surface area contributed by atoms with E-state index >= 15 is 0 Å². The number of carbonyl (C=O) groups is 1. The van der Waals surface area contributed by atoms with Gasteiger partial charge in [-0.3, -0.25) is 4.79 Å². The zero-order valence-electron chi connectivity index (χ0n) is 18.6. The van der Waals surface area contributed by atoms with E-state index < -0.39 is 5.82 Å². The van der Waals surface area contributed by atoms with Crippen LogP contribution >= 0.6 is 0 Å². The largest absolute Gasteiger partial charge is 0.497 e. The molecule has 0 saturated carbocycles. The molecule has 0 unspecified atom stereocenters. The summed E-state index contributed by atoms with van der Waals surface area (Å²) in [6.07, 6.45) is 0. The highest BCUT2D eigenvalue weighted by Gasteiger charge is 2.32. The van der Waals surface area contributed by atoms with Gasteiger partial charge in [-0.15, -0.1) is 0 Å². The lowest BCUT2D eigenvalue weighted by Gasteiger charge is -2.21. The summed E-state index contributed by atoms with van der Waals surface area (Å²) in [5.41, 5.74) is 5.46. The van der Waals surface area contributed by atoms with Crippen molar-refractivity contribution in [2.45, 2.75) is 13.2 Å². The molecular formula is C26H23FN2O4. The summed E-state index contributed by atoms with van der Waals surface area (Å²) in [7, 11) is 5.28. The van der Waals surface area contributed by atoms with Gasteiger partial charge in [0.2, 0.25) is 0 Å². The molecule has 0 radical (unpaired) electrons. The lowest BCUT2D eigenvalue weighted by atomic mass is 10.00. The van der Waals surface area contributed by atoms with E-state index in [1.165, 1.54) is 12.1 Å². The Labute approximate surface area is 191 Å². The molecule has 3 aromatic rings. The van der Waals surface area contributed by atoms with E-state index in [4.69, 9.17) is 14.2 Å². The molecule has 7 heteroatoms. The molecule has 2 heterocycles. The van der Waals surface area contributed by atoms with Crippen molar-refractivity contribution in [3.63, 3.8) is 0 Å². The van der Waals surface area contributed by atoms with Gasteiger partial charge in [0.1, 0.15) is 29.7 Å². The summed E-state index contributed by atoms with van der Waals surface area (Å²) in [5.74, 6) is 1.35. The lowest BCUT2D eigenvalue weighted by Crippen LogP contribution is -2.17. The van der Waals surface area contributed by atoms with Crippen LogP contribution in [0.15, 0.2) is 54.6 Å². The van der Waals surface area contributed by atoms with Crippen LogP contribution in [0.25, 0.3) is 11.3 Å². The Hall–Kier alpha value is -4.00. The quantitative estimate of drug-likeness (QED) is 0.569. The van der Waals surface area contributed by atoms with E-state index in [0.29, 0.717) is 35.7 Å². The number of amides is 1. The number of fused-ring (bicyclic) bond motifs is 2. The summed E-state index contributed by atoms with van der Waals surface area (Å²) in [6, 6.07) is 16.1. The van der Waals surface area contributed by atoms with Crippen LogP contribution in [-0.2, 0) is 22.7 Å². The second-order valence-electron chi connectivity index (χ2n) is 8.01. The van der Waals surface area contributed by atoms with Crippen LogP contribution in [0.3, 0.4) is 0 Å². The Morgan fingerprint density at radius 1 is 1.03 bits per heavy atom. The Morgan fingerprint density at radius 2 is 1.85 bits per heavy atom. The first-order chi connectivity index (χ1) is 16.0. The Kier molecular flexibility index (Phi) is 5.17. The third kappa shape index (κ3) is 3.65. The van der Waals surface area contributed by atoms with Gasteiger partial charge in [0.15, 0.2) is 0 Å². The van der Waals surface area contributed by atoms with E-state index in [2.05, 4.69) is 16.3 Å². The van der Waals surface area contributed by atoms with Crippen molar-refractivity contribution >= 4 is 28.6 Å². The first-order valence-corrected chi connectivity index (χ1v) is 10.5. The van der Waals surface area contributed by atoms with Crippen molar-refractivity contribution in [2.24, 2.45) is 0 Å². The van der Waals surface area contributed by atoms with Crippen LogP contribution < -0.4 is 19.7 Å². The van der Waals surface area contributed by atoms with Crippen LogP contribution in [-0.4, -0.2) is 27.2 Å². The number of hydrogen-bond donors (Lipinski definition) is 1. The number of rotatable bonds is 5. The highest BCUT2D eigenvalue weighted by molar-refractivity contribution is 6.36. The number of nitrogens with one attached hydrogen (secondary N) is 1. The Bertz CT molecular complexity index is 1300. The van der Waals surface area contributed by atoms with Crippen molar-refractivity contribution < 1.29 is 23.4 Å². The molecule has 0 bridgehead atoms. The van der Waals surface area contributed by atoms with Crippen molar-refractivity contribution in [3.05, 3.63) is 82.7 Å². The SMILES string of the molecule is COc1ccc(CN(C)c2ccc3c(c2)COC3=C2C(=O)Nc3cc(F)ccc32)c(OC)c1. The third-order valence-electron chi connectivity index (χ3n) is 6.00. The number of carbonyl (C=O) groups excluding carboxylic acids is 1. The molecule has 2 aliphatic rings. The number of benzene rings is 3. The van der Waals surface area contributed by atoms with Crippen molar-refractivity contribution in [1.82, 2.24) is 0 Å². The number of anilines is 2. The molecule has 0 spiro atoms. The number of halogens is 1. The summed E-state index contributed by atoms with van der Waals surface area (Å²) in [5, 5.41) is 2.73. The summed E-state index contributed by atoms with van der Waals surface area (Å²) in [4.78, 5) is 14.7. The van der Waals surface area contributed by atoms with Crippen LogP contribution in [0.2, 0.25) is 0 Å². The molecule has 3 aromatic carbocycles. The topological polar surface area (TPSA) is 60.0 Å². The molecule has 0 aliphatic carbocycles. The average molecular weight is 446 g/mol. The molecule has 0 fully saturated rings. The van der Waals surface area contributed by atoms with Gasteiger partial charge >= 0.3 is 0 Å². The highest BCUT2D eigenvalue weighted by atomic mass is 19.1. The van der Waals surface area contributed by atoms with Crippen molar-refractivity contribution in [3.8, 4) is 11.5 Å². The minimum atomic E-state index is -0.394. The van der Waals surface area contributed by atoms with Gasteiger partial charge in [0.25, 0.3) is 5.91 Å². The second-order valence-corrected chi connectivity index (χ2v) is 8.01. The van der Waals surface area contributed by atoms with E-state index in [9.17, 15) is 9.18 Å². The Balaban J connectivity index is 1.44. The molecule has 0 saturated heterocycles. The molecule has 0 aromatic heterocycles. The maximum atomic E-state index is 13.6. The fourth-order valence-corrected chi connectivity index (χ4v) is 4.29. The molecule has 1 N–H and O–H groups in total. The van der Waals surface area contributed by atoms with Crippen LogP contribution in [0, 0.1) is 5.82 Å². The smallest absolute Gasteiger partial charge is 0.260 e. The van der Waals surface area contributed by atoms with E-state index in [0.717, 1.165) is 33.9 Å². The molecule has 0 atom stereocenters. The first kappa shape index (κ1) is 20.9. The van der Waals surface area contributed by atoms with E-state index in [-0.39, 0.29) is 5.91 Å². The lowest BCUT2D eigenvalue weighted by molar-refractivity contribution is -0.110. The van der Waals surface area contributed by atoms with Crippen LogP contribution in [0.4, 0.5) is 15.8 Å². The molecule has 168 valence electrons. The van der Waals surface area contributed by atoms with Gasteiger partial charge in [-0.05, 0) is 48.5 Å². The van der Waals surface area contributed by atoms with Crippen LogP contribution in [0.1, 0.15) is 22.3 Å². The zero-order chi connectivity index (χ0) is 23.1. The van der Waals surface area contributed by atoms with Gasteiger partial charge in [0.05, 0.1) is 25.5 Å². The average Bonchev–Trinajstić information content (AvgIpc) is 3.37. The van der Waals surface area contributed by atoms with Gasteiger partial charge in [-0.25, -0.2) is 4.39 Å². The number of ether oxygens (including phenoxy) is 3. The van der Waals surface area contributed by atoms with Gasteiger partial charge < -0.3 is 24.4 Å². The summed E-state index contributed by atoms with van der Waals surface area (Å²) >= 11 is 0. The van der Waals surface area contributed by atoms with E-state index in [1.807, 2.05) is 37.4 Å². The van der Waals surface area contributed by atoms with E-state index in [1.54, 1.807) is 20.3 Å². The highest BCUT2D eigenvalue weighted by Crippen LogP contribution is 2.42. The fourth-order valence-electron chi connectivity index (χ4n) is 4.29. The zero-order valence-corrected chi connectivity index (χ0v) is 18.6. The first-order valence-electron chi connectivity index (χ1n) is 10.5. The predicted molar refractivity (Wildman–Crippen MR) is 125 cm³/mol. The summed E-state index contributed by atoms with van der Waals surface area (Å²) < 4.78 is 30.3. The maximum Gasteiger partial charge on any atom is 0.260 e. The maximum absolute atomic E-state index is 13.6. The molecule has 5 rings (SSSR count). The normalized spacial score (nSPS) is 16.1. The Morgan fingerprint density at radius 3 is 2.64 bits per heavy atom. The molecule has 2 aliphatic heterocycles. The van der Waals surface area contributed by atoms with Crippen molar-refractivity contribution in [2.75, 3.05) is 31.5 Å². The minimum absolute atomic E-state index is 0.286. The standard InChI is InChI=1S/C26H23FN2O4/c1-29(13-15-4-7-19(31-2)12-23(15)32-3)18-6-9-20-16(10-18)14-33-25(20)24-21-8-5-17(27)11-22(21)28-26(24)30/h4-12H,13-14H2,1-3H3,(H,28,30). The number of nitrogens with zero attached hydrogens (tertiary/aromatic N) is 1. The number of methoxy groups -OCH3 is 2. The fraction of sp³-hybridized carbons (Fsp3) is 0.192. The van der Waals surface area contributed by atoms with Crippen LogP contribution in [0.5, 0.6) is 11.5 Å². The molecule has 1 amide bonds. The minimum Gasteiger partial charge on any atom is -0.497 e. The summed E-state index contributed by atoms with van der Waals surface area (Å²) in [6.45, 7) is 1.01. The van der Waals surface area contributed by atoms with Gasteiger partial charge in [-0.1, -0.05) is 0 Å².